The molecule has 5 heteroatoms. The van der Waals surface area contributed by atoms with Gasteiger partial charge in [0, 0.05) is 25.9 Å². The van der Waals surface area contributed by atoms with Crippen LogP contribution in [0.15, 0.2) is 128 Å². The largest absolute Gasteiger partial charge is 0.320 e. The van der Waals surface area contributed by atoms with E-state index >= 15 is 0 Å². The van der Waals surface area contributed by atoms with Crippen LogP contribution in [0.2, 0.25) is 0 Å². The van der Waals surface area contributed by atoms with Crippen molar-refractivity contribution in [1.82, 2.24) is 0 Å². The number of benzene rings is 4. The van der Waals surface area contributed by atoms with Gasteiger partial charge in [0.05, 0.1) is 11.7 Å². The lowest BCUT2D eigenvalue weighted by molar-refractivity contribution is 0.528. The molecule has 4 aromatic carbocycles. The van der Waals surface area contributed by atoms with Gasteiger partial charge in [-0.05, 0) is 67.9 Å². The lowest BCUT2D eigenvalue weighted by Crippen LogP contribution is -2.47. The third-order valence-electron chi connectivity index (χ3n) is 6.53. The Hall–Kier alpha value is -3.02. The van der Waals surface area contributed by atoms with Crippen LogP contribution in [0.4, 0.5) is 11.4 Å². The topological polar surface area (TPSA) is 28.0 Å². The van der Waals surface area contributed by atoms with E-state index in [0.717, 1.165) is 43.0 Å². The third kappa shape index (κ3) is 4.51. The minimum absolute atomic E-state index is 0.0134. The van der Waals surface area contributed by atoms with Gasteiger partial charge >= 0.3 is 0 Å². The number of rotatable bonds is 5. The summed E-state index contributed by atoms with van der Waals surface area (Å²) in [6.45, 7) is 4.35. The summed E-state index contributed by atoms with van der Waals surface area (Å²) in [6, 6.07) is 37.5. The predicted octanol–water partition coefficient (Wildman–Crippen LogP) is 8.56. The second-order valence-electron chi connectivity index (χ2n) is 8.63. The summed E-state index contributed by atoms with van der Waals surface area (Å²) in [6.07, 6.45) is 0. The van der Waals surface area contributed by atoms with E-state index in [9.17, 15) is 0 Å². The molecule has 0 spiro atoms. The molecular weight excluding hydrogens is 562 g/mol. The molecule has 0 N–H and O–H groups in total. The Bertz CT molecular complexity index is 1370. The molecule has 2 unspecified atom stereocenters. The summed E-state index contributed by atoms with van der Waals surface area (Å²) in [4.78, 5) is 13.0. The quantitative estimate of drug-likeness (QED) is 0.215. The van der Waals surface area contributed by atoms with E-state index in [2.05, 4.69) is 123 Å². The van der Waals surface area contributed by atoms with Gasteiger partial charge in [0.15, 0.2) is 0 Å². The van der Waals surface area contributed by atoms with Gasteiger partial charge in [0.1, 0.15) is 11.4 Å². The molecule has 0 saturated heterocycles. The Morgan fingerprint density at radius 1 is 0.771 bits per heavy atom. The molecule has 174 valence electrons. The van der Waals surface area contributed by atoms with Crippen molar-refractivity contribution in [3.05, 3.63) is 129 Å². The average Bonchev–Trinajstić information content (AvgIpc) is 3.21. The van der Waals surface area contributed by atoms with Crippen molar-refractivity contribution in [2.75, 3.05) is 4.90 Å². The molecule has 0 radical (unpaired) electrons. The van der Waals surface area contributed by atoms with Gasteiger partial charge < -0.3 is 4.90 Å². The van der Waals surface area contributed by atoms with E-state index in [1.165, 1.54) is 0 Å². The summed E-state index contributed by atoms with van der Waals surface area (Å²) in [5.74, 6) is 0.939. The summed E-state index contributed by atoms with van der Waals surface area (Å²) < 4.78 is 2.08. The van der Waals surface area contributed by atoms with Crippen molar-refractivity contribution >= 4 is 54.8 Å². The third-order valence-corrected chi connectivity index (χ3v) is 7.59. The molecule has 0 aliphatic carbocycles. The molecular formula is C30H25Br2N3. The fourth-order valence-corrected chi connectivity index (χ4v) is 5.34. The van der Waals surface area contributed by atoms with E-state index in [1.54, 1.807) is 0 Å². The van der Waals surface area contributed by atoms with E-state index < -0.39 is 5.54 Å². The lowest BCUT2D eigenvalue weighted by atomic mass is 9.80. The Balaban J connectivity index is 1.75. The summed E-state index contributed by atoms with van der Waals surface area (Å²) >= 11 is 7.11. The average molecular weight is 587 g/mol. The lowest BCUT2D eigenvalue weighted by Gasteiger charge is -2.36. The Labute approximate surface area is 223 Å². The van der Waals surface area contributed by atoms with Crippen LogP contribution >= 0.6 is 31.9 Å². The van der Waals surface area contributed by atoms with Crippen LogP contribution in [0, 0.1) is 0 Å². The second kappa shape index (κ2) is 9.92. The number of aliphatic imine (C=N–C) groups is 2. The van der Waals surface area contributed by atoms with E-state index in [-0.39, 0.29) is 6.04 Å². The standard InChI is InChI=1S/C30H25Br2N3/c1-21(33-27-17-13-25(31)14-18-27)30(24-11-7-4-8-12-24)22(2)35(28-19-15-26(32)16-20-28)29(34-30)23-9-5-3-6-10-23/h3-20,22H,1-2H3. The monoisotopic (exact) mass is 585 g/mol. The molecule has 0 amide bonds. The van der Waals surface area contributed by atoms with Gasteiger partial charge in [-0.15, -0.1) is 0 Å². The molecule has 1 aliphatic rings. The summed E-state index contributed by atoms with van der Waals surface area (Å²) in [5, 5.41) is 0. The molecule has 2 atom stereocenters. The normalized spacial score (nSPS) is 20.1. The first-order valence-corrected chi connectivity index (χ1v) is 13.1. The first kappa shape index (κ1) is 23.7. The van der Waals surface area contributed by atoms with Crippen LogP contribution in [-0.2, 0) is 5.54 Å². The zero-order chi connectivity index (χ0) is 24.4. The number of nitrogens with zero attached hydrogens (tertiary/aromatic N) is 3. The molecule has 0 aromatic heterocycles. The highest BCUT2D eigenvalue weighted by molar-refractivity contribution is 9.10. The minimum atomic E-state index is -0.660. The van der Waals surface area contributed by atoms with Gasteiger partial charge in [-0.1, -0.05) is 92.5 Å². The molecule has 0 bridgehead atoms. The second-order valence-corrected chi connectivity index (χ2v) is 10.5. The predicted molar refractivity (Wildman–Crippen MR) is 154 cm³/mol. The van der Waals surface area contributed by atoms with Crippen LogP contribution in [0.25, 0.3) is 0 Å². The zero-order valence-corrected chi connectivity index (χ0v) is 22.7. The highest BCUT2D eigenvalue weighted by Crippen LogP contribution is 2.43. The molecule has 1 aliphatic heterocycles. The molecule has 0 saturated carbocycles. The van der Waals surface area contributed by atoms with Gasteiger partial charge in [0.2, 0.25) is 0 Å². The van der Waals surface area contributed by atoms with Crippen LogP contribution < -0.4 is 4.90 Å². The van der Waals surface area contributed by atoms with Gasteiger partial charge in [-0.25, -0.2) is 4.99 Å². The number of anilines is 1. The number of hydrogen-bond acceptors (Lipinski definition) is 3. The van der Waals surface area contributed by atoms with Crippen LogP contribution in [0.1, 0.15) is 25.0 Å². The van der Waals surface area contributed by atoms with Crippen LogP contribution in [0.5, 0.6) is 0 Å². The van der Waals surface area contributed by atoms with Crippen molar-refractivity contribution < 1.29 is 0 Å². The fourth-order valence-electron chi connectivity index (χ4n) is 4.81. The van der Waals surface area contributed by atoms with Crippen LogP contribution in [-0.4, -0.2) is 17.6 Å². The summed E-state index contributed by atoms with van der Waals surface area (Å²) in [7, 11) is 0. The highest BCUT2D eigenvalue weighted by Gasteiger charge is 2.50. The van der Waals surface area contributed by atoms with Crippen molar-refractivity contribution in [1.29, 1.82) is 0 Å². The summed E-state index contributed by atoms with van der Waals surface area (Å²) in [5.41, 5.74) is 4.50. The smallest absolute Gasteiger partial charge is 0.146 e. The molecule has 5 rings (SSSR count). The maximum absolute atomic E-state index is 5.53. The van der Waals surface area contributed by atoms with Crippen molar-refractivity contribution in [3.63, 3.8) is 0 Å². The maximum Gasteiger partial charge on any atom is 0.146 e. The molecule has 35 heavy (non-hydrogen) atoms. The van der Waals surface area contributed by atoms with Crippen molar-refractivity contribution in [2.45, 2.75) is 25.4 Å². The van der Waals surface area contributed by atoms with E-state index in [0.29, 0.717) is 0 Å². The van der Waals surface area contributed by atoms with Crippen LogP contribution in [0.3, 0.4) is 0 Å². The van der Waals surface area contributed by atoms with E-state index in [1.807, 2.05) is 36.4 Å². The number of hydrogen-bond donors (Lipinski definition) is 0. The van der Waals surface area contributed by atoms with Crippen molar-refractivity contribution in [2.24, 2.45) is 9.98 Å². The van der Waals surface area contributed by atoms with Crippen molar-refractivity contribution in [3.8, 4) is 0 Å². The first-order chi connectivity index (χ1) is 17.0. The molecule has 4 aromatic rings. The number of amidine groups is 1. The van der Waals surface area contributed by atoms with Gasteiger partial charge in [-0.2, -0.15) is 0 Å². The molecule has 3 nitrogen and oxygen atoms in total. The fraction of sp³-hybridized carbons (Fsp3) is 0.133. The Morgan fingerprint density at radius 3 is 1.91 bits per heavy atom. The SMILES string of the molecule is CC(=Nc1ccc(Br)cc1)C1(c2ccccc2)N=C(c2ccccc2)N(c2ccc(Br)cc2)C1C. The minimum Gasteiger partial charge on any atom is -0.320 e. The van der Waals surface area contributed by atoms with E-state index in [4.69, 9.17) is 9.98 Å². The Kier molecular flexibility index (Phi) is 6.72. The first-order valence-electron chi connectivity index (χ1n) is 11.6. The van der Waals surface area contributed by atoms with Gasteiger partial charge in [-0.3, -0.25) is 4.99 Å². The molecule has 0 fully saturated rings. The highest BCUT2D eigenvalue weighted by atomic mass is 79.9. The maximum atomic E-state index is 5.53. The zero-order valence-electron chi connectivity index (χ0n) is 19.6. The van der Waals surface area contributed by atoms with Gasteiger partial charge in [0.25, 0.3) is 0 Å². The molecule has 1 heterocycles. The number of halogens is 2. The Morgan fingerprint density at radius 2 is 1.31 bits per heavy atom.